The van der Waals surface area contributed by atoms with E-state index in [0.717, 1.165) is 0 Å². The van der Waals surface area contributed by atoms with Crippen LogP contribution in [0.4, 0.5) is 25.1 Å². The number of rotatable bonds is 3. The molecule has 9 nitrogen and oxygen atoms in total. The van der Waals surface area contributed by atoms with Crippen LogP contribution in [0.15, 0.2) is 24.3 Å². The fourth-order valence-electron chi connectivity index (χ4n) is 4.07. The second-order valence-corrected chi connectivity index (χ2v) is 8.96. The number of para-hydroxylation sites is 1. The van der Waals surface area contributed by atoms with Gasteiger partial charge in [0.05, 0.1) is 25.0 Å². The number of carbonyl (C=O) groups excluding carboxylic acids is 2. The van der Waals surface area contributed by atoms with E-state index in [4.69, 9.17) is 9.47 Å². The first kappa shape index (κ1) is 22.7. The third kappa shape index (κ3) is 3.91. The van der Waals surface area contributed by atoms with Crippen LogP contribution in [-0.2, 0) is 9.53 Å². The number of hydrogen-bond acceptors (Lipinski definition) is 7. The fourth-order valence-corrected chi connectivity index (χ4v) is 4.07. The molecular weight excluding hydrogens is 436 g/mol. The molecule has 11 heteroatoms. The predicted octanol–water partition coefficient (Wildman–Crippen LogP) is 3.01. The molecule has 2 aromatic rings. The van der Waals surface area contributed by atoms with E-state index in [2.05, 4.69) is 15.5 Å². The summed E-state index contributed by atoms with van der Waals surface area (Å²) in [5, 5.41) is 10.8. The summed E-state index contributed by atoms with van der Waals surface area (Å²) < 4.78 is 39.3. The van der Waals surface area contributed by atoms with Gasteiger partial charge in [-0.15, -0.1) is 10.2 Å². The van der Waals surface area contributed by atoms with E-state index in [-0.39, 0.29) is 31.2 Å². The quantitative estimate of drug-likeness (QED) is 0.751. The number of nitrogens with one attached hydrogen (secondary N) is 1. The third-order valence-corrected chi connectivity index (χ3v) is 5.60. The van der Waals surface area contributed by atoms with Crippen molar-refractivity contribution in [2.45, 2.75) is 31.9 Å². The number of benzene rings is 1. The summed E-state index contributed by atoms with van der Waals surface area (Å²) >= 11 is 0. The molecule has 2 aliphatic rings. The zero-order chi connectivity index (χ0) is 24.0. The minimum Gasteiger partial charge on any atom is -0.493 e. The Morgan fingerprint density at radius 3 is 2.70 bits per heavy atom. The average molecular weight is 461 g/mol. The number of piperazine rings is 1. The molecule has 1 fully saturated rings. The summed E-state index contributed by atoms with van der Waals surface area (Å²) in [6.45, 7) is 4.33. The first-order chi connectivity index (χ1) is 15.6. The van der Waals surface area contributed by atoms with Gasteiger partial charge < -0.3 is 24.6 Å². The second-order valence-electron chi connectivity index (χ2n) is 8.96. The van der Waals surface area contributed by atoms with Crippen LogP contribution in [0.1, 0.15) is 20.8 Å². The highest BCUT2D eigenvalue weighted by Gasteiger charge is 2.53. The van der Waals surface area contributed by atoms with E-state index in [9.17, 15) is 18.4 Å². The van der Waals surface area contributed by atoms with Crippen LogP contribution in [0.3, 0.4) is 0 Å². The third-order valence-electron chi connectivity index (χ3n) is 5.60. The molecule has 0 spiro atoms. The first-order valence-corrected chi connectivity index (χ1v) is 10.4. The average Bonchev–Trinajstić information content (AvgIpc) is 2.77. The van der Waals surface area contributed by atoms with Gasteiger partial charge in [0.25, 0.3) is 5.91 Å². The van der Waals surface area contributed by atoms with Gasteiger partial charge in [0.15, 0.2) is 22.9 Å². The Kier molecular flexibility index (Phi) is 5.59. The summed E-state index contributed by atoms with van der Waals surface area (Å²) in [5.41, 5.74) is -1.31. The van der Waals surface area contributed by atoms with Gasteiger partial charge in [0.1, 0.15) is 12.3 Å². The van der Waals surface area contributed by atoms with Crippen molar-refractivity contribution in [1.29, 1.82) is 0 Å². The van der Waals surface area contributed by atoms with Gasteiger partial charge >= 0.3 is 6.09 Å². The molecule has 1 unspecified atom stereocenters. The highest BCUT2D eigenvalue weighted by molar-refractivity contribution is 6.06. The van der Waals surface area contributed by atoms with Gasteiger partial charge in [0.2, 0.25) is 0 Å². The molecule has 1 saturated heterocycles. The number of anilines is 2. The number of methoxy groups -OCH3 is 1. The van der Waals surface area contributed by atoms with Crippen molar-refractivity contribution in [3.05, 3.63) is 30.1 Å². The standard InChI is InChI=1S/C22H25F2N5O4/c1-21(2,3)33-20(31)28-8-9-29-16-10-15(13-6-5-7-14(24)17(13)32-4)26-27-18(16)25-19(30)22(29,11-23)12-28/h5-7,10H,8-9,11-12H2,1-4H3,(H,25,27,30). The molecule has 1 aromatic carbocycles. The molecule has 176 valence electrons. The normalized spacial score (nSPS) is 20.0. The highest BCUT2D eigenvalue weighted by Crippen LogP contribution is 2.41. The number of aromatic nitrogens is 2. The SMILES string of the molecule is COc1c(F)cccc1-c1cc2c(nn1)NC(=O)C1(CF)CN(C(=O)OC(C)(C)C)CCN21. The number of alkyl halides is 1. The lowest BCUT2D eigenvalue weighted by Gasteiger charge is -2.51. The Bertz CT molecular complexity index is 1110. The zero-order valence-corrected chi connectivity index (χ0v) is 18.8. The molecule has 1 aromatic heterocycles. The number of amides is 2. The van der Waals surface area contributed by atoms with Gasteiger partial charge in [0, 0.05) is 18.7 Å². The maximum atomic E-state index is 14.5. The Morgan fingerprint density at radius 1 is 1.27 bits per heavy atom. The minimum atomic E-state index is -1.66. The maximum Gasteiger partial charge on any atom is 0.410 e. The number of nitrogens with zero attached hydrogens (tertiary/aromatic N) is 4. The van der Waals surface area contributed by atoms with Crippen molar-refractivity contribution >= 4 is 23.5 Å². The van der Waals surface area contributed by atoms with Crippen LogP contribution in [0, 0.1) is 5.82 Å². The van der Waals surface area contributed by atoms with E-state index in [1.54, 1.807) is 37.8 Å². The number of carbonyl (C=O) groups is 2. The molecule has 1 atom stereocenters. The first-order valence-electron chi connectivity index (χ1n) is 10.4. The smallest absolute Gasteiger partial charge is 0.410 e. The van der Waals surface area contributed by atoms with Gasteiger partial charge in [-0.25, -0.2) is 13.6 Å². The zero-order valence-electron chi connectivity index (χ0n) is 18.8. The van der Waals surface area contributed by atoms with E-state index >= 15 is 0 Å². The Balaban J connectivity index is 1.73. The van der Waals surface area contributed by atoms with Crippen LogP contribution in [-0.4, -0.2) is 71.7 Å². The number of ether oxygens (including phenoxy) is 2. The van der Waals surface area contributed by atoms with E-state index in [1.165, 1.54) is 24.1 Å². The van der Waals surface area contributed by atoms with Crippen LogP contribution in [0.25, 0.3) is 11.3 Å². The van der Waals surface area contributed by atoms with Gasteiger partial charge in [-0.05, 0) is 39.0 Å². The lowest BCUT2D eigenvalue weighted by Crippen LogP contribution is -2.71. The summed E-state index contributed by atoms with van der Waals surface area (Å²) in [4.78, 5) is 28.5. The number of fused-ring (bicyclic) bond motifs is 3. The molecule has 1 N–H and O–H groups in total. The van der Waals surface area contributed by atoms with Crippen molar-refractivity contribution in [2.75, 3.05) is 43.6 Å². The highest BCUT2D eigenvalue weighted by atomic mass is 19.1. The van der Waals surface area contributed by atoms with Crippen molar-refractivity contribution in [3.8, 4) is 17.0 Å². The Labute approximate surface area is 189 Å². The molecule has 2 aliphatic heterocycles. The van der Waals surface area contributed by atoms with Gasteiger partial charge in [-0.1, -0.05) is 6.07 Å². The van der Waals surface area contributed by atoms with Crippen molar-refractivity contribution in [3.63, 3.8) is 0 Å². The summed E-state index contributed by atoms with van der Waals surface area (Å²) in [7, 11) is 1.35. The minimum absolute atomic E-state index is 0.00176. The van der Waals surface area contributed by atoms with Crippen LogP contribution >= 0.6 is 0 Å². The van der Waals surface area contributed by atoms with Crippen LogP contribution < -0.4 is 15.0 Å². The summed E-state index contributed by atoms with van der Waals surface area (Å²) in [6, 6.07) is 6.01. The molecule has 2 amide bonds. The summed E-state index contributed by atoms with van der Waals surface area (Å²) in [6.07, 6.45) is -0.619. The molecule has 0 saturated carbocycles. The number of hydrogen-bond donors (Lipinski definition) is 1. The molecule has 4 rings (SSSR count). The topological polar surface area (TPSA) is 96.9 Å². The molecule has 33 heavy (non-hydrogen) atoms. The van der Waals surface area contributed by atoms with Crippen molar-refractivity contribution < 1.29 is 27.8 Å². The lowest BCUT2D eigenvalue weighted by molar-refractivity contribution is -0.123. The largest absolute Gasteiger partial charge is 0.493 e. The molecule has 3 heterocycles. The van der Waals surface area contributed by atoms with Crippen LogP contribution in [0.2, 0.25) is 0 Å². The Hall–Kier alpha value is -3.50. The molecular formula is C22H25F2N5O4. The number of halogens is 2. The monoisotopic (exact) mass is 461 g/mol. The van der Waals surface area contributed by atoms with Crippen molar-refractivity contribution in [1.82, 2.24) is 15.1 Å². The van der Waals surface area contributed by atoms with Crippen LogP contribution in [0.5, 0.6) is 5.75 Å². The maximum absolute atomic E-state index is 14.5. The summed E-state index contributed by atoms with van der Waals surface area (Å²) in [5.74, 6) is -1.03. The van der Waals surface area contributed by atoms with E-state index in [1.807, 2.05) is 0 Å². The second kappa shape index (κ2) is 8.13. The Morgan fingerprint density at radius 2 is 2.03 bits per heavy atom. The van der Waals surface area contributed by atoms with E-state index in [0.29, 0.717) is 16.9 Å². The predicted molar refractivity (Wildman–Crippen MR) is 116 cm³/mol. The molecule has 0 aliphatic carbocycles. The van der Waals surface area contributed by atoms with Crippen molar-refractivity contribution in [2.24, 2.45) is 0 Å². The lowest BCUT2D eigenvalue weighted by atomic mass is 9.91. The van der Waals surface area contributed by atoms with Gasteiger partial charge in [-0.3, -0.25) is 4.79 Å². The fraction of sp³-hybridized carbons (Fsp3) is 0.455. The van der Waals surface area contributed by atoms with Gasteiger partial charge in [-0.2, -0.15) is 0 Å². The van der Waals surface area contributed by atoms with E-state index < -0.39 is 35.6 Å². The molecule has 0 radical (unpaired) electrons. The molecule has 0 bridgehead atoms.